The summed E-state index contributed by atoms with van der Waals surface area (Å²) in [6.07, 6.45) is 10.2. The topological polar surface area (TPSA) is 66.6 Å². The highest BCUT2D eigenvalue weighted by Crippen LogP contribution is 2.35. The third-order valence-electron chi connectivity index (χ3n) is 5.48. The molecule has 3 atom stereocenters. The summed E-state index contributed by atoms with van der Waals surface area (Å²) < 4.78 is 0. The Bertz CT molecular complexity index is 332. The maximum Gasteiger partial charge on any atom is 0.323 e. The van der Waals surface area contributed by atoms with Gasteiger partial charge >= 0.3 is 5.97 Å². The van der Waals surface area contributed by atoms with Gasteiger partial charge in [-0.3, -0.25) is 4.79 Å². The first-order chi connectivity index (χ1) is 9.57. The van der Waals surface area contributed by atoms with Crippen molar-refractivity contribution in [1.29, 1.82) is 0 Å². The third kappa shape index (κ3) is 3.53. The van der Waals surface area contributed by atoms with Gasteiger partial charge in [-0.1, -0.05) is 19.8 Å². The van der Waals surface area contributed by atoms with Gasteiger partial charge in [0, 0.05) is 6.04 Å². The maximum atomic E-state index is 11.2. The number of nitrogens with two attached hydrogens (primary N) is 1. The summed E-state index contributed by atoms with van der Waals surface area (Å²) in [5.41, 5.74) is 4.94. The van der Waals surface area contributed by atoms with Crippen LogP contribution in [0.3, 0.4) is 0 Å². The monoisotopic (exact) mass is 282 g/mol. The van der Waals surface area contributed by atoms with Crippen LogP contribution in [0.4, 0.5) is 0 Å². The lowest BCUT2D eigenvalue weighted by Crippen LogP contribution is -2.49. The predicted octanol–water partition coefficient (Wildman–Crippen LogP) is 2.61. The quantitative estimate of drug-likeness (QED) is 0.786. The van der Waals surface area contributed by atoms with Crippen molar-refractivity contribution in [3.63, 3.8) is 0 Å². The molecule has 4 nitrogen and oxygen atoms in total. The molecule has 1 saturated heterocycles. The van der Waals surface area contributed by atoms with Crippen LogP contribution in [0.25, 0.3) is 0 Å². The molecule has 20 heavy (non-hydrogen) atoms. The van der Waals surface area contributed by atoms with Gasteiger partial charge in [-0.25, -0.2) is 0 Å². The first-order valence-electron chi connectivity index (χ1n) is 8.33. The summed E-state index contributed by atoms with van der Waals surface area (Å²) in [4.78, 5) is 13.8. The summed E-state index contributed by atoms with van der Waals surface area (Å²) in [7, 11) is 0. The maximum absolute atomic E-state index is 11.2. The van der Waals surface area contributed by atoms with Gasteiger partial charge in [-0.05, 0) is 64.0 Å². The van der Waals surface area contributed by atoms with E-state index in [0.29, 0.717) is 12.8 Å². The average Bonchev–Trinajstić information content (AvgIpc) is 2.47. The molecule has 1 unspecified atom stereocenters. The highest BCUT2D eigenvalue weighted by molar-refractivity contribution is 5.78. The molecule has 0 amide bonds. The molecule has 0 radical (unpaired) electrons. The summed E-state index contributed by atoms with van der Waals surface area (Å²) in [5, 5.41) is 9.22. The summed E-state index contributed by atoms with van der Waals surface area (Å²) >= 11 is 0. The van der Waals surface area contributed by atoms with E-state index in [1.807, 2.05) is 6.92 Å². The van der Waals surface area contributed by atoms with Crippen LogP contribution in [0.5, 0.6) is 0 Å². The van der Waals surface area contributed by atoms with E-state index in [1.165, 1.54) is 45.1 Å². The number of hydrogen-bond donors (Lipinski definition) is 2. The van der Waals surface area contributed by atoms with Crippen molar-refractivity contribution < 1.29 is 9.90 Å². The van der Waals surface area contributed by atoms with Crippen LogP contribution in [-0.2, 0) is 4.79 Å². The van der Waals surface area contributed by atoms with Crippen LogP contribution in [0.1, 0.15) is 64.7 Å². The molecule has 0 aromatic carbocycles. The van der Waals surface area contributed by atoms with E-state index in [1.54, 1.807) is 0 Å². The molecule has 1 heterocycles. The molecule has 4 heteroatoms. The van der Waals surface area contributed by atoms with Crippen molar-refractivity contribution >= 4 is 5.97 Å². The van der Waals surface area contributed by atoms with Gasteiger partial charge in [0.2, 0.25) is 0 Å². The molecular weight excluding hydrogens is 252 g/mol. The first-order valence-corrected chi connectivity index (χ1v) is 8.33. The Kier molecular flexibility index (Phi) is 5.44. The second kappa shape index (κ2) is 6.90. The Morgan fingerprint density at radius 3 is 2.70 bits per heavy atom. The zero-order valence-electron chi connectivity index (χ0n) is 12.8. The molecule has 1 aliphatic carbocycles. The van der Waals surface area contributed by atoms with Gasteiger partial charge in [0.25, 0.3) is 0 Å². The van der Waals surface area contributed by atoms with E-state index < -0.39 is 11.5 Å². The van der Waals surface area contributed by atoms with Gasteiger partial charge in [-0.2, -0.15) is 0 Å². The Balaban J connectivity index is 1.82. The molecule has 1 aliphatic heterocycles. The Morgan fingerprint density at radius 1 is 1.30 bits per heavy atom. The molecule has 2 aliphatic rings. The minimum atomic E-state index is -1.03. The molecule has 116 valence electrons. The fraction of sp³-hybridized carbons (Fsp3) is 0.938. The molecule has 0 aromatic rings. The van der Waals surface area contributed by atoms with Crippen LogP contribution in [0, 0.1) is 5.92 Å². The van der Waals surface area contributed by atoms with Crippen molar-refractivity contribution in [2.24, 2.45) is 11.7 Å². The highest BCUT2D eigenvalue weighted by Gasteiger charge is 2.34. The smallest absolute Gasteiger partial charge is 0.323 e. The van der Waals surface area contributed by atoms with Gasteiger partial charge in [0.05, 0.1) is 0 Å². The lowest BCUT2D eigenvalue weighted by atomic mass is 9.78. The minimum absolute atomic E-state index is 0.508. The van der Waals surface area contributed by atoms with Crippen LogP contribution in [0.2, 0.25) is 0 Å². The number of piperidine rings is 1. The summed E-state index contributed by atoms with van der Waals surface area (Å²) in [6.45, 7) is 4.08. The van der Waals surface area contributed by atoms with E-state index in [4.69, 9.17) is 5.73 Å². The van der Waals surface area contributed by atoms with Crippen molar-refractivity contribution in [3.8, 4) is 0 Å². The largest absolute Gasteiger partial charge is 0.480 e. The number of carboxylic acids is 1. The number of rotatable bonds is 6. The summed E-state index contributed by atoms with van der Waals surface area (Å²) in [5.74, 6) is 0.0416. The number of nitrogens with zero attached hydrogens (tertiary/aromatic N) is 1. The van der Waals surface area contributed by atoms with E-state index in [-0.39, 0.29) is 0 Å². The van der Waals surface area contributed by atoms with Crippen molar-refractivity contribution in [2.75, 3.05) is 13.1 Å². The van der Waals surface area contributed by atoms with Gasteiger partial charge < -0.3 is 15.7 Å². The zero-order valence-corrected chi connectivity index (χ0v) is 12.8. The van der Waals surface area contributed by atoms with Crippen LogP contribution < -0.4 is 5.73 Å². The number of carbonyl (C=O) groups is 1. The normalized spacial score (nSPS) is 30.5. The average molecular weight is 282 g/mol. The van der Waals surface area contributed by atoms with E-state index in [2.05, 4.69) is 4.90 Å². The molecule has 1 saturated carbocycles. The highest BCUT2D eigenvalue weighted by atomic mass is 16.4. The number of carboxylic acid groups (broad SMARTS) is 1. The molecule has 0 bridgehead atoms. The molecular formula is C16H30N2O2. The number of hydrogen-bond acceptors (Lipinski definition) is 3. The van der Waals surface area contributed by atoms with Gasteiger partial charge in [0.1, 0.15) is 5.54 Å². The second-order valence-corrected chi connectivity index (χ2v) is 6.71. The zero-order chi connectivity index (χ0) is 14.6. The number of fused-ring (bicyclic) bond motifs is 1. The molecule has 3 N–H and O–H groups in total. The Hall–Kier alpha value is -0.610. The standard InChI is InChI=1S/C16H30N2O2/c1-2-16(17,15(19)20)10-6-12-18-11-5-8-13-7-3-4-9-14(13)18/h13-14H,2-12,17H2,1H3,(H,19,20)/t13-,14-,16?/m1/s1. The number of likely N-dealkylation sites (tertiary alicyclic amines) is 1. The van der Waals surface area contributed by atoms with Crippen LogP contribution in [0.15, 0.2) is 0 Å². The van der Waals surface area contributed by atoms with Crippen molar-refractivity contribution in [3.05, 3.63) is 0 Å². The number of aliphatic carboxylic acids is 1. The van der Waals surface area contributed by atoms with Crippen molar-refractivity contribution in [1.82, 2.24) is 4.90 Å². The molecule has 0 aromatic heterocycles. The first kappa shape index (κ1) is 15.8. The van der Waals surface area contributed by atoms with Crippen LogP contribution >= 0.6 is 0 Å². The summed E-state index contributed by atoms with van der Waals surface area (Å²) in [6, 6.07) is 0.760. The molecule has 2 rings (SSSR count). The fourth-order valence-electron chi connectivity index (χ4n) is 4.04. The van der Waals surface area contributed by atoms with E-state index in [9.17, 15) is 9.90 Å². The predicted molar refractivity (Wildman–Crippen MR) is 80.6 cm³/mol. The van der Waals surface area contributed by atoms with E-state index in [0.717, 1.165) is 24.9 Å². The lowest BCUT2D eigenvalue weighted by Gasteiger charge is -2.44. The molecule has 0 spiro atoms. The van der Waals surface area contributed by atoms with Crippen LogP contribution in [-0.4, -0.2) is 40.6 Å². The van der Waals surface area contributed by atoms with E-state index >= 15 is 0 Å². The third-order valence-corrected chi connectivity index (χ3v) is 5.48. The SMILES string of the molecule is CCC(N)(CCCN1CCC[C@H]2CCCC[C@H]21)C(=O)O. The lowest BCUT2D eigenvalue weighted by molar-refractivity contribution is -0.143. The Morgan fingerprint density at radius 2 is 2.00 bits per heavy atom. The fourth-order valence-corrected chi connectivity index (χ4v) is 4.04. The van der Waals surface area contributed by atoms with Gasteiger partial charge in [-0.15, -0.1) is 0 Å². The molecule has 2 fully saturated rings. The second-order valence-electron chi connectivity index (χ2n) is 6.71. The van der Waals surface area contributed by atoms with Crippen molar-refractivity contribution in [2.45, 2.75) is 76.3 Å². The Labute approximate surface area is 122 Å². The van der Waals surface area contributed by atoms with Gasteiger partial charge in [0.15, 0.2) is 0 Å². The minimum Gasteiger partial charge on any atom is -0.480 e.